The molecule has 2 aromatic carbocycles. The van der Waals surface area contributed by atoms with E-state index in [4.69, 9.17) is 9.47 Å². The first-order valence-corrected chi connectivity index (χ1v) is 12.9. The van der Waals surface area contributed by atoms with Crippen molar-refractivity contribution in [1.82, 2.24) is 5.43 Å². The summed E-state index contributed by atoms with van der Waals surface area (Å²) in [5.74, 6) is 0.456. The molecular weight excluding hydrogens is 496 g/mol. The molecule has 6 nitrogen and oxygen atoms in total. The highest BCUT2D eigenvalue weighted by Crippen LogP contribution is 2.23. The number of carbonyl (C=O) groups is 2. The zero-order valence-electron chi connectivity index (χ0n) is 20.1. The molecule has 2 aromatic rings. The Hall–Kier alpha value is -2.67. The van der Waals surface area contributed by atoms with Crippen LogP contribution < -0.4 is 14.9 Å². The number of carbonyl (C=O) groups excluding carboxylic acids is 2. The number of nitrogens with one attached hydrogen (secondary N) is 1. The fourth-order valence-corrected chi connectivity index (χ4v) is 3.63. The van der Waals surface area contributed by atoms with Crippen molar-refractivity contribution in [3.05, 3.63) is 58.1 Å². The van der Waals surface area contributed by atoms with Gasteiger partial charge in [0.15, 0.2) is 0 Å². The van der Waals surface area contributed by atoms with Crippen LogP contribution in [0.25, 0.3) is 0 Å². The molecule has 0 aromatic heterocycles. The number of amides is 1. The summed E-state index contributed by atoms with van der Waals surface area (Å²) in [4.78, 5) is 24.6. The van der Waals surface area contributed by atoms with Crippen molar-refractivity contribution >= 4 is 34.0 Å². The Morgan fingerprint density at radius 2 is 1.65 bits per heavy atom. The molecule has 0 aliphatic rings. The minimum absolute atomic E-state index is 0.122. The fraction of sp³-hybridized carbons (Fsp3) is 0.444. The van der Waals surface area contributed by atoms with Crippen LogP contribution in [0.1, 0.15) is 87.6 Å². The van der Waals surface area contributed by atoms with E-state index in [0.29, 0.717) is 35.7 Å². The number of rotatable bonds is 15. The average Bonchev–Trinajstić information content (AvgIpc) is 2.84. The summed E-state index contributed by atoms with van der Waals surface area (Å²) in [5, 5.41) is 4.05. The molecule has 0 heterocycles. The Balaban J connectivity index is 1.87. The maximum Gasteiger partial charge on any atom is 0.343 e. The number of nitrogens with zero attached hydrogens (tertiary/aromatic N) is 1. The van der Waals surface area contributed by atoms with E-state index < -0.39 is 5.97 Å². The maximum absolute atomic E-state index is 12.6. The van der Waals surface area contributed by atoms with Gasteiger partial charge in [0.1, 0.15) is 11.5 Å². The van der Waals surface area contributed by atoms with E-state index in [1.165, 1.54) is 31.9 Å². The predicted molar refractivity (Wildman–Crippen MR) is 140 cm³/mol. The van der Waals surface area contributed by atoms with Gasteiger partial charge in [-0.25, -0.2) is 10.2 Å². The van der Waals surface area contributed by atoms with Gasteiger partial charge in [-0.05, 0) is 55.3 Å². The van der Waals surface area contributed by atoms with Crippen LogP contribution in [-0.2, 0) is 4.79 Å². The Morgan fingerprint density at radius 1 is 0.941 bits per heavy atom. The summed E-state index contributed by atoms with van der Waals surface area (Å²) in [6.07, 6.45) is 10.9. The molecule has 0 radical (unpaired) electrons. The minimum atomic E-state index is -0.484. The van der Waals surface area contributed by atoms with Gasteiger partial charge < -0.3 is 9.47 Å². The van der Waals surface area contributed by atoms with Gasteiger partial charge in [-0.2, -0.15) is 5.10 Å². The van der Waals surface area contributed by atoms with Crippen molar-refractivity contribution in [2.45, 2.75) is 71.6 Å². The lowest BCUT2D eigenvalue weighted by molar-refractivity contribution is -0.121. The summed E-state index contributed by atoms with van der Waals surface area (Å²) >= 11 is 3.42. The molecule has 0 aliphatic carbocycles. The smallest absolute Gasteiger partial charge is 0.343 e. The van der Waals surface area contributed by atoms with Gasteiger partial charge in [0, 0.05) is 16.5 Å². The predicted octanol–water partition coefficient (Wildman–Crippen LogP) is 7.05. The normalized spacial score (nSPS) is 10.9. The van der Waals surface area contributed by atoms with Gasteiger partial charge >= 0.3 is 5.97 Å². The first-order valence-electron chi connectivity index (χ1n) is 12.1. The quantitative estimate of drug-likeness (QED) is 0.0879. The topological polar surface area (TPSA) is 77.0 Å². The summed E-state index contributed by atoms with van der Waals surface area (Å²) in [6.45, 7) is 4.86. The Kier molecular flexibility index (Phi) is 13.0. The number of benzene rings is 2. The summed E-state index contributed by atoms with van der Waals surface area (Å²) < 4.78 is 11.9. The molecule has 1 N–H and O–H groups in total. The van der Waals surface area contributed by atoms with Crippen molar-refractivity contribution in [3.63, 3.8) is 0 Å². The van der Waals surface area contributed by atoms with Crippen molar-refractivity contribution in [1.29, 1.82) is 0 Å². The van der Waals surface area contributed by atoms with Crippen LogP contribution >= 0.6 is 15.9 Å². The van der Waals surface area contributed by atoms with Crippen molar-refractivity contribution in [3.8, 4) is 11.5 Å². The van der Waals surface area contributed by atoms with Crippen molar-refractivity contribution < 1.29 is 19.1 Å². The molecule has 0 saturated carbocycles. The van der Waals surface area contributed by atoms with E-state index in [9.17, 15) is 9.59 Å². The lowest BCUT2D eigenvalue weighted by Crippen LogP contribution is -2.17. The highest BCUT2D eigenvalue weighted by Gasteiger charge is 2.12. The van der Waals surface area contributed by atoms with Crippen LogP contribution in [0, 0.1) is 0 Å². The first-order chi connectivity index (χ1) is 16.5. The van der Waals surface area contributed by atoms with Gasteiger partial charge in [-0.15, -0.1) is 0 Å². The summed E-state index contributed by atoms with van der Waals surface area (Å²) in [5.41, 5.74) is 3.54. The van der Waals surface area contributed by atoms with Crippen LogP contribution in [0.3, 0.4) is 0 Å². The van der Waals surface area contributed by atoms with Crippen LogP contribution in [0.15, 0.2) is 52.0 Å². The lowest BCUT2D eigenvalue weighted by atomic mass is 10.1. The van der Waals surface area contributed by atoms with Crippen LogP contribution in [0.4, 0.5) is 0 Å². The van der Waals surface area contributed by atoms with Crippen LogP contribution in [0.5, 0.6) is 11.5 Å². The first kappa shape index (κ1) is 27.6. The summed E-state index contributed by atoms with van der Waals surface area (Å²) in [7, 11) is 0. The number of hydrogen-bond acceptors (Lipinski definition) is 5. The van der Waals surface area contributed by atoms with Gasteiger partial charge in [0.25, 0.3) is 0 Å². The van der Waals surface area contributed by atoms with Crippen LogP contribution in [0.2, 0.25) is 0 Å². The Morgan fingerprint density at radius 3 is 2.35 bits per heavy atom. The van der Waals surface area contributed by atoms with Gasteiger partial charge in [0.2, 0.25) is 5.91 Å². The lowest BCUT2D eigenvalue weighted by Gasteiger charge is -2.09. The number of hydrogen-bond donors (Lipinski definition) is 1. The molecule has 0 unspecified atom stereocenters. The molecule has 7 heteroatoms. The van der Waals surface area contributed by atoms with E-state index in [0.717, 1.165) is 30.2 Å². The number of ether oxygens (including phenoxy) is 2. The molecule has 184 valence electrons. The molecule has 1 amide bonds. The highest BCUT2D eigenvalue weighted by atomic mass is 79.9. The summed E-state index contributed by atoms with van der Waals surface area (Å²) in [6, 6.07) is 12.1. The highest BCUT2D eigenvalue weighted by molar-refractivity contribution is 9.10. The van der Waals surface area contributed by atoms with Gasteiger partial charge in [-0.1, -0.05) is 68.3 Å². The zero-order valence-corrected chi connectivity index (χ0v) is 21.7. The Bertz CT molecular complexity index is 929. The van der Waals surface area contributed by atoms with E-state index in [1.54, 1.807) is 42.5 Å². The molecule has 34 heavy (non-hydrogen) atoms. The molecule has 0 spiro atoms. The van der Waals surface area contributed by atoms with Crippen molar-refractivity contribution in [2.75, 3.05) is 6.61 Å². The standard InChI is InChI=1S/C27H35BrN2O4/c1-3-5-6-7-8-9-10-11-26(31)30-29-20-22-19-23(28)14-17-25(22)34-27(32)21-12-15-24(16-13-21)33-18-4-2/h12-17,19-20H,3-11,18H2,1-2H3,(H,30,31). The van der Waals surface area contributed by atoms with E-state index in [-0.39, 0.29) is 5.91 Å². The molecule has 2 rings (SSSR count). The number of hydrazone groups is 1. The number of esters is 1. The third-order valence-corrected chi connectivity index (χ3v) is 5.63. The maximum atomic E-state index is 12.6. The second-order valence-electron chi connectivity index (χ2n) is 8.11. The average molecular weight is 531 g/mol. The SMILES string of the molecule is CCCCCCCCCC(=O)NN=Cc1cc(Br)ccc1OC(=O)c1ccc(OCCC)cc1. The molecule has 0 fully saturated rings. The third-order valence-electron chi connectivity index (χ3n) is 5.14. The minimum Gasteiger partial charge on any atom is -0.494 e. The Labute approximate surface area is 211 Å². The molecule has 0 bridgehead atoms. The molecule has 0 saturated heterocycles. The molecule has 0 atom stereocenters. The van der Waals surface area contributed by atoms with Crippen molar-refractivity contribution in [2.24, 2.45) is 5.10 Å². The zero-order chi connectivity index (χ0) is 24.6. The molecular formula is C27H35BrN2O4. The second kappa shape index (κ2) is 16.0. The van der Waals surface area contributed by atoms with Gasteiger partial charge in [-0.3, -0.25) is 4.79 Å². The number of halogens is 1. The van der Waals surface area contributed by atoms with Gasteiger partial charge in [0.05, 0.1) is 18.4 Å². The van der Waals surface area contributed by atoms with E-state index in [2.05, 4.69) is 33.4 Å². The second-order valence-corrected chi connectivity index (χ2v) is 9.02. The van der Waals surface area contributed by atoms with E-state index in [1.807, 2.05) is 6.92 Å². The fourth-order valence-electron chi connectivity index (χ4n) is 3.25. The van der Waals surface area contributed by atoms with E-state index >= 15 is 0 Å². The molecule has 0 aliphatic heterocycles. The largest absolute Gasteiger partial charge is 0.494 e. The monoisotopic (exact) mass is 530 g/mol. The van der Waals surface area contributed by atoms with Crippen LogP contribution in [-0.4, -0.2) is 24.7 Å². The number of unbranched alkanes of at least 4 members (excludes halogenated alkanes) is 6. The third kappa shape index (κ3) is 10.5.